The Morgan fingerprint density at radius 1 is 1.17 bits per heavy atom. The van der Waals surface area contributed by atoms with Crippen LogP contribution in [0, 0.1) is 6.92 Å². The van der Waals surface area contributed by atoms with Crippen LogP contribution in [-0.4, -0.2) is 18.2 Å². The van der Waals surface area contributed by atoms with Crippen LogP contribution in [0.1, 0.15) is 19.4 Å². The second-order valence-corrected chi connectivity index (χ2v) is 4.71. The molecule has 0 radical (unpaired) electrons. The molecule has 5 heteroatoms. The van der Waals surface area contributed by atoms with Crippen LogP contribution in [0.3, 0.4) is 0 Å². The Kier molecular flexibility index (Phi) is 6.73. The van der Waals surface area contributed by atoms with Gasteiger partial charge in [-0.05, 0) is 32.4 Å². The fourth-order valence-corrected chi connectivity index (χ4v) is 2.05. The van der Waals surface area contributed by atoms with Crippen LogP contribution < -0.4 is 0 Å². The number of benzene rings is 1. The van der Waals surface area contributed by atoms with Crippen LogP contribution in [0.4, 0.5) is 0 Å². The minimum Gasteiger partial charge on any atom is -0.361 e. The lowest BCUT2D eigenvalue weighted by Gasteiger charge is -1.97. The van der Waals surface area contributed by atoms with Gasteiger partial charge in [0.05, 0.1) is 13.2 Å². The van der Waals surface area contributed by atoms with Crippen molar-refractivity contribution in [3.63, 3.8) is 0 Å². The van der Waals surface area contributed by atoms with Gasteiger partial charge in [-0.3, -0.25) is 4.57 Å². The van der Waals surface area contributed by atoms with Crippen molar-refractivity contribution < 1.29 is 13.6 Å². The van der Waals surface area contributed by atoms with Gasteiger partial charge in [0.2, 0.25) is 0 Å². The van der Waals surface area contributed by atoms with Gasteiger partial charge < -0.3 is 14.0 Å². The molecule has 0 saturated heterocycles. The van der Waals surface area contributed by atoms with Crippen molar-refractivity contribution >= 4 is 19.2 Å². The van der Waals surface area contributed by atoms with Gasteiger partial charge in [-0.15, -0.1) is 0 Å². The normalized spacial score (nSPS) is 10.4. The number of H-pyrrole nitrogens is 1. The summed E-state index contributed by atoms with van der Waals surface area (Å²) in [5.74, 6) is 0. The van der Waals surface area contributed by atoms with Gasteiger partial charge in [-0.2, -0.15) is 0 Å². The lowest BCUT2D eigenvalue weighted by Crippen LogP contribution is -1.81. The maximum atomic E-state index is 10.4. The number of hydrogen-bond donors (Lipinski definition) is 1. The van der Waals surface area contributed by atoms with Gasteiger partial charge in [0.1, 0.15) is 0 Å². The van der Waals surface area contributed by atoms with Crippen molar-refractivity contribution in [1.29, 1.82) is 0 Å². The van der Waals surface area contributed by atoms with Crippen LogP contribution >= 0.6 is 8.25 Å². The number of aryl methyl sites for hydroxylation is 1. The fraction of sp³-hybridized carbons (Fsp3) is 0.385. The molecular formula is C13H20NO3P. The Hall–Kier alpha value is -1.09. The molecule has 0 aliphatic heterocycles. The highest BCUT2D eigenvalue weighted by molar-refractivity contribution is 7.33. The first-order valence-electron chi connectivity index (χ1n) is 6.01. The number of nitrogens with one attached hydrogen (secondary N) is 1. The lowest BCUT2D eigenvalue weighted by atomic mass is 10.2. The SMILES string of the molecule is CCO[PH](=O)OCC.Cc1c[nH]c2ccccc12. The van der Waals surface area contributed by atoms with Gasteiger partial charge >= 0.3 is 8.25 Å². The predicted octanol–water partition coefficient (Wildman–Crippen LogP) is 3.93. The van der Waals surface area contributed by atoms with Gasteiger partial charge in [0.15, 0.2) is 0 Å². The van der Waals surface area contributed by atoms with Crippen LogP contribution in [0.2, 0.25) is 0 Å². The number of para-hydroxylation sites is 1. The molecular weight excluding hydrogens is 249 g/mol. The molecule has 18 heavy (non-hydrogen) atoms. The van der Waals surface area contributed by atoms with Crippen molar-refractivity contribution in [2.24, 2.45) is 0 Å². The molecule has 0 unspecified atom stereocenters. The maximum absolute atomic E-state index is 10.4. The second kappa shape index (κ2) is 8.09. The third kappa shape index (κ3) is 4.65. The Bertz CT molecular complexity index is 488. The van der Waals surface area contributed by atoms with E-state index in [1.165, 1.54) is 16.5 Å². The summed E-state index contributed by atoms with van der Waals surface area (Å²) in [7, 11) is -2.14. The number of fused-ring (bicyclic) bond motifs is 1. The summed E-state index contributed by atoms with van der Waals surface area (Å²) in [5.41, 5.74) is 2.54. The van der Waals surface area contributed by atoms with Gasteiger partial charge in [-0.25, -0.2) is 0 Å². The number of rotatable bonds is 4. The molecule has 0 atom stereocenters. The quantitative estimate of drug-likeness (QED) is 0.856. The fourth-order valence-electron chi connectivity index (χ4n) is 1.49. The van der Waals surface area contributed by atoms with Gasteiger partial charge in [0, 0.05) is 17.1 Å². The van der Waals surface area contributed by atoms with Crippen LogP contribution in [0.25, 0.3) is 10.9 Å². The molecule has 0 saturated carbocycles. The summed E-state index contributed by atoms with van der Waals surface area (Å²) < 4.78 is 19.6. The first kappa shape index (κ1) is 15.0. The van der Waals surface area contributed by atoms with E-state index in [0.717, 1.165) is 0 Å². The molecule has 2 rings (SSSR count). The molecule has 1 aromatic heterocycles. The first-order valence-corrected chi connectivity index (χ1v) is 7.23. The molecule has 1 N–H and O–H groups in total. The summed E-state index contributed by atoms with van der Waals surface area (Å²) in [4.78, 5) is 3.19. The molecule has 4 nitrogen and oxygen atoms in total. The first-order chi connectivity index (χ1) is 8.69. The van der Waals surface area contributed by atoms with Crippen LogP contribution in [0.5, 0.6) is 0 Å². The molecule has 2 aromatic rings. The van der Waals surface area contributed by atoms with E-state index in [2.05, 4.69) is 39.2 Å². The highest BCUT2D eigenvalue weighted by atomic mass is 31.1. The van der Waals surface area contributed by atoms with E-state index in [9.17, 15) is 4.57 Å². The van der Waals surface area contributed by atoms with Crippen molar-refractivity contribution in [2.45, 2.75) is 20.8 Å². The molecule has 100 valence electrons. The molecule has 0 bridgehead atoms. The summed E-state index contributed by atoms with van der Waals surface area (Å²) in [5, 5.41) is 1.32. The Balaban J connectivity index is 0.000000187. The van der Waals surface area contributed by atoms with E-state index in [4.69, 9.17) is 0 Å². The van der Waals surface area contributed by atoms with E-state index in [1.807, 2.05) is 12.3 Å². The number of aromatic nitrogens is 1. The smallest absolute Gasteiger partial charge is 0.319 e. The van der Waals surface area contributed by atoms with E-state index in [-0.39, 0.29) is 0 Å². The zero-order chi connectivity index (χ0) is 13.4. The molecule has 0 spiro atoms. The number of hydrogen-bond acceptors (Lipinski definition) is 3. The van der Waals surface area contributed by atoms with Crippen molar-refractivity contribution in [2.75, 3.05) is 13.2 Å². The average Bonchev–Trinajstić information content (AvgIpc) is 2.73. The topological polar surface area (TPSA) is 51.3 Å². The maximum Gasteiger partial charge on any atom is 0.319 e. The Morgan fingerprint density at radius 3 is 2.33 bits per heavy atom. The minimum atomic E-state index is -2.14. The molecule has 0 amide bonds. The summed E-state index contributed by atoms with van der Waals surface area (Å²) in [6, 6.07) is 8.31. The third-order valence-corrected chi connectivity index (χ3v) is 3.37. The van der Waals surface area contributed by atoms with Crippen molar-refractivity contribution in [1.82, 2.24) is 4.98 Å². The van der Waals surface area contributed by atoms with Gasteiger partial charge in [-0.1, -0.05) is 18.2 Å². The summed E-state index contributed by atoms with van der Waals surface area (Å²) in [6.07, 6.45) is 2.03. The monoisotopic (exact) mass is 269 g/mol. The van der Waals surface area contributed by atoms with E-state index in [1.54, 1.807) is 13.8 Å². The summed E-state index contributed by atoms with van der Waals surface area (Å²) in [6.45, 7) is 6.58. The van der Waals surface area contributed by atoms with Crippen molar-refractivity contribution in [3.8, 4) is 0 Å². The van der Waals surface area contributed by atoms with Crippen LogP contribution in [-0.2, 0) is 13.6 Å². The molecule has 1 heterocycles. The standard InChI is InChI=1S/C9H9N.C4H11O3P/c1-7-6-10-9-5-3-2-4-8(7)9;1-3-6-8(5)7-4-2/h2-6,10H,1H3;8H,3-4H2,1-2H3. The Morgan fingerprint density at radius 2 is 1.78 bits per heavy atom. The minimum absolute atomic E-state index is 0.456. The highest BCUT2D eigenvalue weighted by Crippen LogP contribution is 2.21. The van der Waals surface area contributed by atoms with E-state index >= 15 is 0 Å². The molecule has 0 aliphatic carbocycles. The zero-order valence-electron chi connectivity index (χ0n) is 11.0. The van der Waals surface area contributed by atoms with Gasteiger partial charge in [0.25, 0.3) is 0 Å². The molecule has 0 aliphatic rings. The van der Waals surface area contributed by atoms with Crippen LogP contribution in [0.15, 0.2) is 30.5 Å². The highest BCUT2D eigenvalue weighted by Gasteiger charge is 1.94. The second-order valence-electron chi connectivity index (χ2n) is 3.63. The largest absolute Gasteiger partial charge is 0.361 e. The number of aromatic amines is 1. The zero-order valence-corrected chi connectivity index (χ0v) is 12.0. The molecule has 1 aromatic carbocycles. The Labute approximate surface area is 108 Å². The predicted molar refractivity (Wildman–Crippen MR) is 75.3 cm³/mol. The van der Waals surface area contributed by atoms with Crippen molar-refractivity contribution in [3.05, 3.63) is 36.0 Å². The average molecular weight is 269 g/mol. The molecule has 0 fully saturated rings. The van der Waals surface area contributed by atoms with E-state index in [0.29, 0.717) is 13.2 Å². The third-order valence-electron chi connectivity index (χ3n) is 2.32. The lowest BCUT2D eigenvalue weighted by molar-refractivity contribution is 0.243. The van der Waals surface area contributed by atoms with E-state index < -0.39 is 8.25 Å². The summed E-state index contributed by atoms with van der Waals surface area (Å²) >= 11 is 0.